The maximum Gasteiger partial charge on any atom is 0.256 e. The molecule has 0 spiro atoms. The summed E-state index contributed by atoms with van der Waals surface area (Å²) in [5.41, 5.74) is 2.44. The third kappa shape index (κ3) is 2.11. The zero-order valence-electron chi connectivity index (χ0n) is 12.3. The van der Waals surface area contributed by atoms with Gasteiger partial charge in [0, 0.05) is 10.4 Å². The van der Waals surface area contributed by atoms with Crippen molar-refractivity contribution in [2.75, 3.05) is 5.32 Å². The highest BCUT2D eigenvalue weighted by molar-refractivity contribution is 7.16. The molecule has 1 aromatic carbocycles. The van der Waals surface area contributed by atoms with Gasteiger partial charge in [-0.05, 0) is 36.8 Å². The minimum atomic E-state index is -0.501. The van der Waals surface area contributed by atoms with Crippen LogP contribution in [0.5, 0.6) is 0 Å². The predicted molar refractivity (Wildman–Crippen MR) is 85.7 cm³/mol. The quantitative estimate of drug-likeness (QED) is 0.838. The van der Waals surface area contributed by atoms with Gasteiger partial charge >= 0.3 is 0 Å². The van der Waals surface area contributed by atoms with Gasteiger partial charge in [-0.3, -0.25) is 4.79 Å². The molecule has 22 heavy (non-hydrogen) atoms. The fraction of sp³-hybridized carbons (Fsp3) is 0.353. The second kappa shape index (κ2) is 5.09. The van der Waals surface area contributed by atoms with Crippen LogP contribution in [0.3, 0.4) is 0 Å². The lowest BCUT2D eigenvalue weighted by molar-refractivity contribution is 0.0934. The van der Waals surface area contributed by atoms with Crippen molar-refractivity contribution in [3.05, 3.63) is 51.7 Å². The highest BCUT2D eigenvalue weighted by Gasteiger charge is 2.33. The Morgan fingerprint density at radius 2 is 2.09 bits per heavy atom. The van der Waals surface area contributed by atoms with E-state index in [1.807, 2.05) is 0 Å². The van der Waals surface area contributed by atoms with Crippen LogP contribution in [0.4, 0.5) is 9.39 Å². The van der Waals surface area contributed by atoms with Crippen molar-refractivity contribution < 1.29 is 9.18 Å². The van der Waals surface area contributed by atoms with Crippen LogP contribution in [-0.4, -0.2) is 5.91 Å². The summed E-state index contributed by atoms with van der Waals surface area (Å²) in [5, 5.41) is 7.08. The predicted octanol–water partition coefficient (Wildman–Crippen LogP) is 3.87. The fourth-order valence-corrected chi connectivity index (χ4v) is 4.76. The highest BCUT2D eigenvalue weighted by atomic mass is 32.1. The molecule has 1 aliphatic heterocycles. The Bertz CT molecular complexity index is 755. The number of carbonyl (C=O) groups is 1. The van der Waals surface area contributed by atoms with Gasteiger partial charge in [0.05, 0.1) is 5.56 Å². The molecule has 0 unspecified atom stereocenters. The van der Waals surface area contributed by atoms with Crippen LogP contribution in [-0.2, 0) is 12.8 Å². The maximum absolute atomic E-state index is 14.0. The molecule has 0 radical (unpaired) electrons. The molecule has 2 atom stereocenters. The molecular formula is C17H17FN2OS. The summed E-state index contributed by atoms with van der Waals surface area (Å²) in [4.78, 5) is 13.8. The average molecular weight is 316 g/mol. The van der Waals surface area contributed by atoms with Crippen LogP contribution in [0.15, 0.2) is 24.3 Å². The number of nitrogens with one attached hydrogen (secondary N) is 2. The number of thiophene rings is 1. The van der Waals surface area contributed by atoms with E-state index in [1.54, 1.807) is 29.5 Å². The first-order chi connectivity index (χ1) is 10.6. The van der Waals surface area contributed by atoms with Crippen molar-refractivity contribution in [2.45, 2.75) is 32.4 Å². The monoisotopic (exact) mass is 316 g/mol. The van der Waals surface area contributed by atoms with Gasteiger partial charge in [-0.15, -0.1) is 11.3 Å². The van der Waals surface area contributed by atoms with Crippen molar-refractivity contribution in [2.24, 2.45) is 5.92 Å². The van der Waals surface area contributed by atoms with E-state index < -0.39 is 6.17 Å². The third-order valence-electron chi connectivity index (χ3n) is 4.51. The Balaban J connectivity index is 1.73. The lowest BCUT2D eigenvalue weighted by Gasteiger charge is -2.27. The van der Waals surface area contributed by atoms with E-state index in [0.717, 1.165) is 29.8 Å². The second-order valence-corrected chi connectivity index (χ2v) is 7.23. The Morgan fingerprint density at radius 1 is 1.27 bits per heavy atom. The average Bonchev–Trinajstić information content (AvgIpc) is 2.85. The normalized spacial score (nSPS) is 23.3. The number of benzene rings is 1. The SMILES string of the molecule is C[C@H]1CCc2c(sc3c2C(=O)N[C@@H](c2ccccc2F)N3)C1. The zero-order valence-corrected chi connectivity index (χ0v) is 13.1. The minimum absolute atomic E-state index is 0.0888. The van der Waals surface area contributed by atoms with E-state index in [1.165, 1.54) is 16.5 Å². The van der Waals surface area contributed by atoms with Crippen LogP contribution >= 0.6 is 11.3 Å². The second-order valence-electron chi connectivity index (χ2n) is 6.13. The van der Waals surface area contributed by atoms with Gasteiger partial charge in [0.2, 0.25) is 0 Å². The number of hydrogen-bond acceptors (Lipinski definition) is 3. The number of amides is 1. The molecule has 2 heterocycles. The maximum atomic E-state index is 14.0. The number of hydrogen-bond donors (Lipinski definition) is 2. The fourth-order valence-electron chi connectivity index (χ4n) is 3.33. The van der Waals surface area contributed by atoms with Crippen molar-refractivity contribution >= 4 is 22.2 Å². The molecule has 4 rings (SSSR count). The van der Waals surface area contributed by atoms with Gasteiger partial charge < -0.3 is 10.6 Å². The van der Waals surface area contributed by atoms with Gasteiger partial charge in [-0.2, -0.15) is 0 Å². The summed E-state index contributed by atoms with van der Waals surface area (Å²) in [6.07, 6.45) is 2.62. The van der Waals surface area contributed by atoms with E-state index in [4.69, 9.17) is 0 Å². The summed E-state index contributed by atoms with van der Waals surface area (Å²) in [7, 11) is 0. The lowest BCUT2D eigenvalue weighted by atomic mass is 9.88. The number of rotatable bonds is 1. The van der Waals surface area contributed by atoms with Crippen molar-refractivity contribution in [1.29, 1.82) is 0 Å². The smallest absolute Gasteiger partial charge is 0.256 e. The molecular weight excluding hydrogens is 299 g/mol. The molecule has 0 bridgehead atoms. The Kier molecular flexibility index (Phi) is 3.18. The molecule has 2 aromatic rings. The van der Waals surface area contributed by atoms with Gasteiger partial charge in [0.15, 0.2) is 0 Å². The summed E-state index contributed by atoms with van der Waals surface area (Å²) in [6.45, 7) is 2.25. The number of carbonyl (C=O) groups excluding carboxylic acids is 1. The first kappa shape index (κ1) is 13.8. The Labute approximate surface area is 132 Å². The minimum Gasteiger partial charge on any atom is -0.353 e. The summed E-state index contributed by atoms with van der Waals surface area (Å²) in [6, 6.07) is 6.55. The first-order valence-electron chi connectivity index (χ1n) is 7.60. The van der Waals surface area contributed by atoms with Crippen LogP contribution in [0, 0.1) is 11.7 Å². The van der Waals surface area contributed by atoms with Crippen LogP contribution in [0.2, 0.25) is 0 Å². The standard InChI is InChI=1S/C17H17FN2OS/c1-9-6-7-11-13(8-9)22-17-14(11)16(21)19-15(20-17)10-4-2-3-5-12(10)18/h2-5,9,15,20H,6-8H2,1H3,(H,19,21)/t9-,15+/m0/s1. The molecule has 0 fully saturated rings. The van der Waals surface area contributed by atoms with Crippen LogP contribution in [0.25, 0.3) is 0 Å². The van der Waals surface area contributed by atoms with Crippen LogP contribution in [0.1, 0.15) is 45.9 Å². The van der Waals surface area contributed by atoms with Gasteiger partial charge in [-0.1, -0.05) is 25.1 Å². The van der Waals surface area contributed by atoms with Crippen LogP contribution < -0.4 is 10.6 Å². The summed E-state index contributed by atoms with van der Waals surface area (Å²) >= 11 is 1.66. The van der Waals surface area contributed by atoms with Gasteiger partial charge in [0.1, 0.15) is 17.0 Å². The molecule has 2 aliphatic rings. The van der Waals surface area contributed by atoms with Crippen molar-refractivity contribution in [3.63, 3.8) is 0 Å². The molecule has 0 saturated carbocycles. The number of halogens is 1. The van der Waals surface area contributed by atoms with Crippen molar-refractivity contribution in [3.8, 4) is 0 Å². The summed E-state index contributed by atoms with van der Waals surface area (Å²) in [5.74, 6) is 0.269. The largest absolute Gasteiger partial charge is 0.353 e. The number of fused-ring (bicyclic) bond motifs is 3. The van der Waals surface area contributed by atoms with E-state index in [-0.39, 0.29) is 11.7 Å². The zero-order chi connectivity index (χ0) is 15.3. The Hall–Kier alpha value is -1.88. The molecule has 0 saturated heterocycles. The first-order valence-corrected chi connectivity index (χ1v) is 8.41. The van der Waals surface area contributed by atoms with Gasteiger partial charge in [-0.25, -0.2) is 4.39 Å². The topological polar surface area (TPSA) is 41.1 Å². The van der Waals surface area contributed by atoms with E-state index in [0.29, 0.717) is 11.5 Å². The number of anilines is 1. The third-order valence-corrected chi connectivity index (χ3v) is 5.69. The molecule has 114 valence electrons. The molecule has 1 amide bonds. The molecule has 1 aliphatic carbocycles. The van der Waals surface area contributed by atoms with E-state index >= 15 is 0 Å². The van der Waals surface area contributed by atoms with E-state index in [2.05, 4.69) is 17.6 Å². The van der Waals surface area contributed by atoms with Crippen molar-refractivity contribution in [1.82, 2.24) is 5.32 Å². The summed E-state index contributed by atoms with van der Waals surface area (Å²) < 4.78 is 14.0. The van der Waals surface area contributed by atoms with Gasteiger partial charge in [0.25, 0.3) is 5.91 Å². The van der Waals surface area contributed by atoms with E-state index in [9.17, 15) is 9.18 Å². The lowest BCUT2D eigenvalue weighted by Crippen LogP contribution is -2.38. The molecule has 1 aromatic heterocycles. The molecule has 5 heteroatoms. The highest BCUT2D eigenvalue weighted by Crippen LogP contribution is 2.42. The molecule has 2 N–H and O–H groups in total. The Morgan fingerprint density at radius 3 is 2.91 bits per heavy atom. The molecule has 3 nitrogen and oxygen atoms in total.